The third-order valence-corrected chi connectivity index (χ3v) is 6.76. The van der Waals surface area contributed by atoms with Crippen LogP contribution < -0.4 is 21.7 Å². The molecule has 3 atom stereocenters. The lowest BCUT2D eigenvalue weighted by Gasteiger charge is -2.38. The van der Waals surface area contributed by atoms with Crippen molar-refractivity contribution in [3.8, 4) is 0 Å². The first-order chi connectivity index (χ1) is 17.5. The molecule has 204 valence electrons. The summed E-state index contributed by atoms with van der Waals surface area (Å²) in [4.78, 5) is 53.2. The Hall–Kier alpha value is -3.02. The lowest BCUT2D eigenvalue weighted by molar-refractivity contribution is -0.145. The van der Waals surface area contributed by atoms with Gasteiger partial charge >= 0.3 is 0 Å². The van der Waals surface area contributed by atoms with E-state index in [4.69, 9.17) is 11.1 Å². The summed E-state index contributed by atoms with van der Waals surface area (Å²) in [5.74, 6) is -2.52. The number of alkyl halides is 1. The van der Waals surface area contributed by atoms with Crippen molar-refractivity contribution < 1.29 is 23.6 Å². The standard InChI is InChI=1S/C25H36BrFN6O4/c1-15(2)21(32-22(35)16-8-10-17(26)11-9-16)24(37)33-13-4-3-7-19(33)23(36)31-18(20(34)14-27)6-5-12-30-25(28)29/h8-11,15,18-19,21H,3-7,12-14H2,1-2H3,(H,31,36)(H,32,35)(H4,28,29,30)/t18-,19-,21?/m0/s1. The van der Waals surface area contributed by atoms with Gasteiger partial charge in [0.05, 0.1) is 6.04 Å². The van der Waals surface area contributed by atoms with Gasteiger partial charge in [-0.3, -0.25) is 24.6 Å². The number of ketones is 1. The summed E-state index contributed by atoms with van der Waals surface area (Å²) in [6.07, 6.45) is 2.34. The normalized spacial score (nSPS) is 17.0. The van der Waals surface area contributed by atoms with Crippen molar-refractivity contribution >= 4 is 45.4 Å². The highest BCUT2D eigenvalue weighted by molar-refractivity contribution is 9.10. The van der Waals surface area contributed by atoms with Crippen LogP contribution in [-0.2, 0) is 14.4 Å². The van der Waals surface area contributed by atoms with Crippen LogP contribution in [0.1, 0.15) is 56.3 Å². The van der Waals surface area contributed by atoms with E-state index in [1.165, 1.54) is 4.90 Å². The highest BCUT2D eigenvalue weighted by Gasteiger charge is 2.38. The van der Waals surface area contributed by atoms with E-state index in [0.29, 0.717) is 44.3 Å². The molecule has 2 rings (SSSR count). The van der Waals surface area contributed by atoms with E-state index in [1.807, 2.05) is 13.8 Å². The quantitative estimate of drug-likeness (QED) is 0.144. The molecule has 37 heavy (non-hydrogen) atoms. The van der Waals surface area contributed by atoms with Crippen molar-refractivity contribution in [1.29, 1.82) is 5.41 Å². The Morgan fingerprint density at radius 2 is 1.84 bits per heavy atom. The van der Waals surface area contributed by atoms with Crippen LogP contribution in [0.4, 0.5) is 4.39 Å². The molecular formula is C25H36BrFN6O4. The second-order valence-corrected chi connectivity index (χ2v) is 10.3. The van der Waals surface area contributed by atoms with Gasteiger partial charge in [0.15, 0.2) is 11.7 Å². The first-order valence-electron chi connectivity index (χ1n) is 12.4. The van der Waals surface area contributed by atoms with Crippen LogP contribution in [0.2, 0.25) is 0 Å². The van der Waals surface area contributed by atoms with Crippen LogP contribution >= 0.6 is 15.9 Å². The average Bonchev–Trinajstić information content (AvgIpc) is 2.87. The van der Waals surface area contributed by atoms with Gasteiger partial charge in [0.1, 0.15) is 18.8 Å². The first kappa shape index (κ1) is 30.2. The van der Waals surface area contributed by atoms with Gasteiger partial charge < -0.3 is 26.6 Å². The van der Waals surface area contributed by atoms with Gasteiger partial charge in [0.25, 0.3) is 5.91 Å². The number of rotatable bonds is 12. The molecule has 3 amide bonds. The predicted octanol–water partition coefficient (Wildman–Crippen LogP) is 1.87. The predicted molar refractivity (Wildman–Crippen MR) is 142 cm³/mol. The van der Waals surface area contributed by atoms with Crippen molar-refractivity contribution in [3.63, 3.8) is 0 Å². The molecule has 1 aromatic carbocycles. The van der Waals surface area contributed by atoms with Crippen LogP contribution in [0.5, 0.6) is 0 Å². The minimum atomic E-state index is -1.23. The van der Waals surface area contributed by atoms with E-state index >= 15 is 0 Å². The number of nitrogens with two attached hydrogens (primary N) is 1. The fourth-order valence-electron chi connectivity index (χ4n) is 4.19. The Bertz CT molecular complexity index is 974. The number of carbonyl (C=O) groups is 4. The largest absolute Gasteiger partial charge is 0.370 e. The molecule has 0 saturated carbocycles. The third-order valence-electron chi connectivity index (χ3n) is 6.24. The summed E-state index contributed by atoms with van der Waals surface area (Å²) >= 11 is 3.33. The zero-order valence-corrected chi connectivity index (χ0v) is 22.8. The summed E-state index contributed by atoms with van der Waals surface area (Å²) in [6, 6.07) is 4.01. The molecule has 0 spiro atoms. The molecule has 1 unspecified atom stereocenters. The molecule has 1 aliphatic rings. The highest BCUT2D eigenvalue weighted by atomic mass is 79.9. The first-order valence-corrected chi connectivity index (χ1v) is 13.2. The molecule has 1 fully saturated rings. The van der Waals surface area contributed by atoms with Crippen molar-refractivity contribution in [3.05, 3.63) is 34.3 Å². The van der Waals surface area contributed by atoms with Gasteiger partial charge in [-0.2, -0.15) is 0 Å². The fraction of sp³-hybridized carbons (Fsp3) is 0.560. The number of halogens is 2. The maximum atomic E-state index is 13.6. The number of Topliss-reactive ketones (excluding diaryl/α,β-unsaturated/α-hetero) is 1. The van der Waals surface area contributed by atoms with Gasteiger partial charge in [-0.1, -0.05) is 29.8 Å². The highest BCUT2D eigenvalue weighted by Crippen LogP contribution is 2.21. The Labute approximate surface area is 224 Å². The fourth-order valence-corrected chi connectivity index (χ4v) is 4.45. The Balaban J connectivity index is 2.13. The molecule has 1 aromatic rings. The molecule has 0 aromatic heterocycles. The van der Waals surface area contributed by atoms with Gasteiger partial charge in [0, 0.05) is 23.1 Å². The number of piperidine rings is 1. The van der Waals surface area contributed by atoms with Crippen LogP contribution in [0.25, 0.3) is 0 Å². The minimum absolute atomic E-state index is 0.160. The summed E-state index contributed by atoms with van der Waals surface area (Å²) in [5, 5.41) is 15.2. The maximum Gasteiger partial charge on any atom is 0.251 e. The number of nitrogens with one attached hydrogen (secondary N) is 4. The Kier molecular flexibility index (Phi) is 12.0. The summed E-state index contributed by atoms with van der Waals surface area (Å²) < 4.78 is 14.0. The lowest BCUT2D eigenvalue weighted by Crippen LogP contribution is -2.60. The Morgan fingerprint density at radius 1 is 1.16 bits per heavy atom. The zero-order valence-electron chi connectivity index (χ0n) is 21.2. The van der Waals surface area contributed by atoms with E-state index in [-0.39, 0.29) is 24.2 Å². The summed E-state index contributed by atoms with van der Waals surface area (Å²) in [6.45, 7) is 3.03. The molecule has 1 heterocycles. The van der Waals surface area contributed by atoms with Crippen LogP contribution in [0.15, 0.2) is 28.7 Å². The molecule has 0 bridgehead atoms. The van der Waals surface area contributed by atoms with Crippen LogP contribution in [0.3, 0.4) is 0 Å². The van der Waals surface area contributed by atoms with Crippen LogP contribution in [-0.4, -0.2) is 72.3 Å². The van der Waals surface area contributed by atoms with Gasteiger partial charge in [-0.15, -0.1) is 0 Å². The average molecular weight is 584 g/mol. The number of hydrogen-bond donors (Lipinski definition) is 5. The Morgan fingerprint density at radius 3 is 2.43 bits per heavy atom. The smallest absolute Gasteiger partial charge is 0.251 e. The second kappa shape index (κ2) is 14.7. The van der Waals surface area contributed by atoms with Crippen molar-refractivity contribution in [1.82, 2.24) is 20.9 Å². The second-order valence-electron chi connectivity index (χ2n) is 9.39. The van der Waals surface area contributed by atoms with E-state index in [1.54, 1.807) is 24.3 Å². The number of hydrogen-bond acceptors (Lipinski definition) is 5. The van der Waals surface area contributed by atoms with Crippen molar-refractivity contribution in [2.24, 2.45) is 11.7 Å². The van der Waals surface area contributed by atoms with E-state index in [9.17, 15) is 23.6 Å². The topological polar surface area (TPSA) is 157 Å². The van der Waals surface area contributed by atoms with Gasteiger partial charge in [-0.25, -0.2) is 4.39 Å². The molecule has 1 aliphatic heterocycles. The molecule has 6 N–H and O–H groups in total. The number of guanidine groups is 1. The number of likely N-dealkylation sites (tertiary alicyclic amines) is 1. The van der Waals surface area contributed by atoms with E-state index < -0.39 is 42.4 Å². The summed E-state index contributed by atoms with van der Waals surface area (Å²) in [7, 11) is 0. The SMILES string of the molecule is CC(C)C(NC(=O)c1ccc(Br)cc1)C(=O)N1CCCC[C@H]1C(=O)N[C@@H](CCCNC(=N)N)C(=O)CF. The van der Waals surface area contributed by atoms with Crippen molar-refractivity contribution in [2.75, 3.05) is 19.8 Å². The lowest BCUT2D eigenvalue weighted by atomic mass is 9.96. The number of amides is 3. The molecule has 12 heteroatoms. The van der Waals surface area contributed by atoms with Gasteiger partial charge in [-0.05, 0) is 62.3 Å². The van der Waals surface area contributed by atoms with E-state index in [2.05, 4.69) is 31.9 Å². The van der Waals surface area contributed by atoms with Crippen molar-refractivity contribution in [2.45, 2.75) is 64.1 Å². The maximum absolute atomic E-state index is 13.6. The molecule has 0 radical (unpaired) electrons. The molecule has 1 saturated heterocycles. The van der Waals surface area contributed by atoms with Crippen LogP contribution in [0, 0.1) is 11.3 Å². The minimum Gasteiger partial charge on any atom is -0.370 e. The third kappa shape index (κ3) is 9.10. The monoisotopic (exact) mass is 582 g/mol. The van der Waals surface area contributed by atoms with E-state index in [0.717, 1.165) is 4.47 Å². The molecular weight excluding hydrogens is 547 g/mol. The molecule has 10 nitrogen and oxygen atoms in total. The number of benzene rings is 1. The van der Waals surface area contributed by atoms with Gasteiger partial charge in [0.2, 0.25) is 11.8 Å². The zero-order chi connectivity index (χ0) is 27.5. The number of carbonyl (C=O) groups excluding carboxylic acids is 4. The summed E-state index contributed by atoms with van der Waals surface area (Å²) in [5.41, 5.74) is 5.65. The molecule has 0 aliphatic carbocycles. The number of nitrogens with zero attached hydrogens (tertiary/aromatic N) is 1.